The van der Waals surface area contributed by atoms with E-state index in [1.165, 1.54) is 6.20 Å². The first-order chi connectivity index (χ1) is 7.88. The van der Waals surface area contributed by atoms with E-state index in [2.05, 4.69) is 26.2 Å². The van der Waals surface area contributed by atoms with Crippen molar-refractivity contribution in [3.63, 3.8) is 0 Å². The van der Waals surface area contributed by atoms with Gasteiger partial charge in [0.15, 0.2) is 0 Å². The minimum atomic E-state index is -4.44. The topological polar surface area (TPSA) is 50.9 Å². The highest BCUT2D eigenvalue weighted by Crippen LogP contribution is 2.35. The van der Waals surface area contributed by atoms with Gasteiger partial charge in [-0.1, -0.05) is 6.92 Å². The van der Waals surface area contributed by atoms with E-state index < -0.39 is 11.7 Å². The SMILES string of the molecule is CCC(CN)Nc1ncc(Br)cc1C(F)(F)F. The van der Waals surface area contributed by atoms with Crippen LogP contribution in [0, 0.1) is 0 Å². The Labute approximate surface area is 106 Å². The summed E-state index contributed by atoms with van der Waals surface area (Å²) in [6.07, 6.45) is -2.49. The molecule has 1 unspecified atom stereocenters. The minimum absolute atomic E-state index is 0.182. The molecule has 1 aromatic rings. The van der Waals surface area contributed by atoms with Crippen molar-refractivity contribution < 1.29 is 13.2 Å². The molecule has 3 nitrogen and oxygen atoms in total. The van der Waals surface area contributed by atoms with Crippen LogP contribution in [0.3, 0.4) is 0 Å². The van der Waals surface area contributed by atoms with Crippen molar-refractivity contribution in [2.75, 3.05) is 11.9 Å². The van der Waals surface area contributed by atoms with Crippen LogP contribution in [0.4, 0.5) is 19.0 Å². The Morgan fingerprint density at radius 1 is 1.53 bits per heavy atom. The number of rotatable bonds is 4. The molecule has 0 fully saturated rings. The van der Waals surface area contributed by atoms with Gasteiger partial charge >= 0.3 is 6.18 Å². The summed E-state index contributed by atoms with van der Waals surface area (Å²) in [5.41, 5.74) is 4.65. The fourth-order valence-electron chi connectivity index (χ4n) is 1.29. The van der Waals surface area contributed by atoms with Gasteiger partial charge in [-0.2, -0.15) is 13.2 Å². The number of nitrogens with zero attached hydrogens (tertiary/aromatic N) is 1. The molecule has 0 amide bonds. The molecule has 0 aliphatic rings. The van der Waals surface area contributed by atoms with Crippen molar-refractivity contribution >= 4 is 21.7 Å². The molecule has 1 aromatic heterocycles. The van der Waals surface area contributed by atoms with E-state index in [0.717, 1.165) is 6.07 Å². The molecule has 0 spiro atoms. The van der Waals surface area contributed by atoms with Crippen molar-refractivity contribution in [3.8, 4) is 0 Å². The van der Waals surface area contributed by atoms with Crippen LogP contribution >= 0.6 is 15.9 Å². The molecule has 3 N–H and O–H groups in total. The highest BCUT2D eigenvalue weighted by Gasteiger charge is 2.35. The Bertz CT molecular complexity index is 378. The van der Waals surface area contributed by atoms with Gasteiger partial charge in [-0.3, -0.25) is 0 Å². The third-order valence-electron chi connectivity index (χ3n) is 2.28. The first-order valence-electron chi connectivity index (χ1n) is 5.07. The quantitative estimate of drug-likeness (QED) is 0.898. The van der Waals surface area contributed by atoms with Gasteiger partial charge in [0.05, 0.1) is 5.56 Å². The third kappa shape index (κ3) is 3.85. The first kappa shape index (κ1) is 14.2. The van der Waals surface area contributed by atoms with E-state index in [4.69, 9.17) is 5.73 Å². The number of halogens is 4. The van der Waals surface area contributed by atoms with Gasteiger partial charge < -0.3 is 11.1 Å². The monoisotopic (exact) mass is 311 g/mol. The summed E-state index contributed by atoms with van der Waals surface area (Å²) in [6.45, 7) is 2.10. The second-order valence-corrected chi connectivity index (χ2v) is 4.45. The van der Waals surface area contributed by atoms with Crippen LogP contribution in [-0.2, 0) is 6.18 Å². The lowest BCUT2D eigenvalue weighted by Gasteiger charge is -2.19. The number of alkyl halides is 3. The molecule has 0 saturated carbocycles. The average molecular weight is 312 g/mol. The molecule has 17 heavy (non-hydrogen) atoms. The maximum atomic E-state index is 12.8. The zero-order chi connectivity index (χ0) is 13.1. The van der Waals surface area contributed by atoms with Crippen LogP contribution in [0.2, 0.25) is 0 Å². The van der Waals surface area contributed by atoms with Gasteiger partial charge in [0.1, 0.15) is 5.82 Å². The number of nitrogens with one attached hydrogen (secondary N) is 1. The Kier molecular flexibility index (Phi) is 4.76. The maximum absolute atomic E-state index is 12.8. The molecule has 0 radical (unpaired) electrons. The summed E-state index contributed by atoms with van der Waals surface area (Å²) < 4.78 is 38.6. The van der Waals surface area contributed by atoms with E-state index in [1.54, 1.807) is 0 Å². The largest absolute Gasteiger partial charge is 0.419 e. The van der Waals surface area contributed by atoms with Crippen molar-refractivity contribution in [1.82, 2.24) is 4.98 Å². The number of aromatic nitrogens is 1. The molecular formula is C10H13BrF3N3. The minimum Gasteiger partial charge on any atom is -0.366 e. The van der Waals surface area contributed by atoms with Gasteiger partial charge in [-0.25, -0.2) is 4.98 Å². The molecular weight excluding hydrogens is 299 g/mol. The summed E-state index contributed by atoms with van der Waals surface area (Å²) in [7, 11) is 0. The van der Waals surface area contributed by atoms with Gasteiger partial charge in [0, 0.05) is 23.3 Å². The number of pyridine rings is 1. The number of anilines is 1. The molecule has 1 atom stereocenters. The molecule has 0 bridgehead atoms. The lowest BCUT2D eigenvalue weighted by atomic mass is 10.2. The Hall–Kier alpha value is -0.820. The van der Waals surface area contributed by atoms with Crippen LogP contribution in [0.5, 0.6) is 0 Å². The number of hydrogen-bond acceptors (Lipinski definition) is 3. The lowest BCUT2D eigenvalue weighted by Crippen LogP contribution is -2.29. The van der Waals surface area contributed by atoms with Gasteiger partial charge in [-0.05, 0) is 28.4 Å². The van der Waals surface area contributed by atoms with Gasteiger partial charge in [0.25, 0.3) is 0 Å². The Morgan fingerprint density at radius 3 is 2.65 bits per heavy atom. The highest BCUT2D eigenvalue weighted by molar-refractivity contribution is 9.10. The fraction of sp³-hybridized carbons (Fsp3) is 0.500. The highest BCUT2D eigenvalue weighted by atomic mass is 79.9. The normalized spacial score (nSPS) is 13.5. The molecule has 1 rings (SSSR count). The van der Waals surface area contributed by atoms with E-state index in [0.29, 0.717) is 6.42 Å². The van der Waals surface area contributed by atoms with Crippen molar-refractivity contribution in [1.29, 1.82) is 0 Å². The second kappa shape index (κ2) is 5.68. The van der Waals surface area contributed by atoms with Gasteiger partial charge in [0.2, 0.25) is 0 Å². The molecule has 7 heteroatoms. The van der Waals surface area contributed by atoms with E-state index >= 15 is 0 Å². The van der Waals surface area contributed by atoms with Crippen LogP contribution in [0.1, 0.15) is 18.9 Å². The Morgan fingerprint density at radius 2 is 2.18 bits per heavy atom. The average Bonchev–Trinajstić information content (AvgIpc) is 2.26. The van der Waals surface area contributed by atoms with Gasteiger partial charge in [-0.15, -0.1) is 0 Å². The smallest absolute Gasteiger partial charge is 0.366 e. The maximum Gasteiger partial charge on any atom is 0.419 e. The first-order valence-corrected chi connectivity index (χ1v) is 5.87. The van der Waals surface area contributed by atoms with E-state index in [1.807, 2.05) is 6.92 Å². The second-order valence-electron chi connectivity index (χ2n) is 3.53. The molecule has 0 aromatic carbocycles. The summed E-state index contributed by atoms with van der Waals surface area (Å²) in [4.78, 5) is 3.75. The lowest BCUT2D eigenvalue weighted by molar-refractivity contribution is -0.137. The predicted molar refractivity (Wildman–Crippen MR) is 63.7 cm³/mol. The fourth-order valence-corrected chi connectivity index (χ4v) is 1.62. The standard InChI is InChI=1S/C10H13BrF3N3/c1-2-7(4-15)17-9-8(10(12,13)14)3-6(11)5-16-9/h3,5,7H,2,4,15H2,1H3,(H,16,17). The van der Waals surface area contributed by atoms with Crippen molar-refractivity contribution in [3.05, 3.63) is 22.3 Å². The van der Waals surface area contributed by atoms with Crippen LogP contribution < -0.4 is 11.1 Å². The molecule has 0 aliphatic heterocycles. The molecule has 96 valence electrons. The van der Waals surface area contributed by atoms with Crippen LogP contribution in [-0.4, -0.2) is 17.6 Å². The summed E-state index contributed by atoms with van der Waals surface area (Å²) in [5, 5.41) is 2.70. The van der Waals surface area contributed by atoms with Crippen LogP contribution in [0.25, 0.3) is 0 Å². The number of hydrogen-bond donors (Lipinski definition) is 2. The third-order valence-corrected chi connectivity index (χ3v) is 2.71. The molecule has 0 saturated heterocycles. The number of nitrogens with two attached hydrogens (primary N) is 1. The predicted octanol–water partition coefficient (Wildman–Crippen LogP) is 3.01. The molecule has 0 aliphatic carbocycles. The van der Waals surface area contributed by atoms with Crippen molar-refractivity contribution in [2.45, 2.75) is 25.6 Å². The molecule has 1 heterocycles. The summed E-state index contributed by atoms with van der Waals surface area (Å²) in [6, 6.07) is 0.781. The zero-order valence-corrected chi connectivity index (χ0v) is 10.8. The Balaban J connectivity index is 3.06. The van der Waals surface area contributed by atoms with Crippen molar-refractivity contribution in [2.24, 2.45) is 5.73 Å². The summed E-state index contributed by atoms with van der Waals surface area (Å²) in [5.74, 6) is -0.182. The van der Waals surface area contributed by atoms with Crippen LogP contribution in [0.15, 0.2) is 16.7 Å². The van der Waals surface area contributed by atoms with E-state index in [9.17, 15) is 13.2 Å². The zero-order valence-electron chi connectivity index (χ0n) is 9.18. The van der Waals surface area contributed by atoms with E-state index in [-0.39, 0.29) is 22.9 Å². The summed E-state index contributed by atoms with van der Waals surface area (Å²) >= 11 is 2.97.